The lowest BCUT2D eigenvalue weighted by atomic mass is 9.69. The van der Waals surface area contributed by atoms with Gasteiger partial charge in [0.05, 0.1) is 0 Å². The Morgan fingerprint density at radius 1 is 1.19 bits per heavy atom. The van der Waals surface area contributed by atoms with Gasteiger partial charge in [-0.3, -0.25) is 0 Å². The number of carbonyl (C=O) groups excluding carboxylic acids is 1. The molecule has 4 atom stereocenters. The van der Waals surface area contributed by atoms with E-state index in [1.165, 1.54) is 12.8 Å². The summed E-state index contributed by atoms with van der Waals surface area (Å²) in [5.41, 5.74) is 0.530. The molecule has 1 saturated heterocycles. The molecule has 2 N–H and O–H groups in total. The Balaban J connectivity index is 1.34. The van der Waals surface area contributed by atoms with Crippen LogP contribution in [-0.4, -0.2) is 41.2 Å². The molecule has 2 saturated carbocycles. The molecule has 0 spiro atoms. The predicted molar refractivity (Wildman–Crippen MR) is 102 cm³/mol. The third kappa shape index (κ3) is 2.83. The van der Waals surface area contributed by atoms with E-state index in [4.69, 9.17) is 0 Å². The molecular weight excluding hydrogens is 326 g/mol. The molecular formula is C20H31N5O. The van der Waals surface area contributed by atoms with E-state index in [-0.39, 0.29) is 23.5 Å². The molecule has 0 aromatic carbocycles. The second-order valence-corrected chi connectivity index (χ2v) is 9.11. The molecule has 1 aromatic heterocycles. The van der Waals surface area contributed by atoms with Gasteiger partial charge in [-0.05, 0) is 54.9 Å². The predicted octanol–water partition coefficient (Wildman–Crippen LogP) is 2.96. The number of nitrogens with zero attached hydrogens (tertiary/aromatic N) is 3. The number of amides is 2. The van der Waals surface area contributed by atoms with Crippen LogP contribution < -0.4 is 15.5 Å². The monoisotopic (exact) mass is 357 g/mol. The molecule has 6 nitrogen and oxygen atoms in total. The standard InChI is InChI=1S/C20H31N5O/c1-19(2)14-7-8-20(19,3)16(12-14)24-18(26)23-15-6-4-11-25(13-15)17-21-9-5-10-22-17/h5,9-10,14-16H,4,6-8,11-13H2,1-3H3,(H2,23,24,26)/t14-,15-,16+,20-/m0/s1. The highest BCUT2D eigenvalue weighted by atomic mass is 16.2. The van der Waals surface area contributed by atoms with Crippen molar-refractivity contribution in [2.24, 2.45) is 16.7 Å². The summed E-state index contributed by atoms with van der Waals surface area (Å²) in [7, 11) is 0. The van der Waals surface area contributed by atoms with Gasteiger partial charge >= 0.3 is 6.03 Å². The number of rotatable bonds is 3. The van der Waals surface area contributed by atoms with E-state index >= 15 is 0 Å². The summed E-state index contributed by atoms with van der Waals surface area (Å²) in [5.74, 6) is 1.49. The number of hydrogen-bond acceptors (Lipinski definition) is 4. The van der Waals surface area contributed by atoms with E-state index in [0.29, 0.717) is 5.41 Å². The van der Waals surface area contributed by atoms with E-state index in [1.807, 2.05) is 6.07 Å². The van der Waals surface area contributed by atoms with Crippen LogP contribution in [0.3, 0.4) is 0 Å². The van der Waals surface area contributed by atoms with Crippen molar-refractivity contribution in [1.82, 2.24) is 20.6 Å². The summed E-state index contributed by atoms with van der Waals surface area (Å²) in [4.78, 5) is 23.5. The zero-order valence-electron chi connectivity index (χ0n) is 16.2. The summed E-state index contributed by atoms with van der Waals surface area (Å²) in [6.07, 6.45) is 9.22. The first-order valence-corrected chi connectivity index (χ1v) is 9.99. The normalized spacial score (nSPS) is 35.3. The molecule has 26 heavy (non-hydrogen) atoms. The molecule has 142 valence electrons. The highest BCUT2D eigenvalue weighted by molar-refractivity contribution is 5.75. The smallest absolute Gasteiger partial charge is 0.315 e. The Morgan fingerprint density at radius 2 is 1.96 bits per heavy atom. The Hall–Kier alpha value is -1.85. The molecule has 0 radical (unpaired) electrons. The minimum atomic E-state index is -0.0135. The Kier molecular flexibility index (Phi) is 4.32. The minimum absolute atomic E-state index is 0.0135. The summed E-state index contributed by atoms with van der Waals surface area (Å²) < 4.78 is 0. The van der Waals surface area contributed by atoms with Crippen molar-refractivity contribution in [2.75, 3.05) is 18.0 Å². The average Bonchev–Trinajstić information content (AvgIpc) is 2.96. The van der Waals surface area contributed by atoms with Gasteiger partial charge in [-0.15, -0.1) is 0 Å². The lowest BCUT2D eigenvalue weighted by Crippen LogP contribution is -2.55. The maximum atomic E-state index is 12.7. The van der Waals surface area contributed by atoms with Gasteiger partial charge in [0.2, 0.25) is 5.95 Å². The second kappa shape index (κ2) is 6.39. The quantitative estimate of drug-likeness (QED) is 0.872. The Morgan fingerprint density at radius 3 is 2.62 bits per heavy atom. The number of hydrogen-bond donors (Lipinski definition) is 2. The number of piperidine rings is 1. The van der Waals surface area contributed by atoms with Crippen LogP contribution in [0.4, 0.5) is 10.7 Å². The first kappa shape index (κ1) is 17.6. The van der Waals surface area contributed by atoms with Crippen molar-refractivity contribution in [3.8, 4) is 0 Å². The van der Waals surface area contributed by atoms with Crippen molar-refractivity contribution in [2.45, 2.75) is 65.0 Å². The first-order chi connectivity index (χ1) is 12.4. The minimum Gasteiger partial charge on any atom is -0.339 e. The van der Waals surface area contributed by atoms with Crippen LogP contribution >= 0.6 is 0 Å². The molecule has 0 unspecified atom stereocenters. The first-order valence-electron chi connectivity index (χ1n) is 9.99. The molecule has 3 fully saturated rings. The van der Waals surface area contributed by atoms with Crippen molar-refractivity contribution < 1.29 is 4.79 Å². The second-order valence-electron chi connectivity index (χ2n) is 9.11. The summed E-state index contributed by atoms with van der Waals surface area (Å²) in [5, 5.41) is 6.51. The van der Waals surface area contributed by atoms with Gasteiger partial charge in [-0.1, -0.05) is 20.8 Å². The average molecular weight is 358 g/mol. The summed E-state index contributed by atoms with van der Waals surface area (Å²) in [6, 6.07) is 2.24. The summed E-state index contributed by atoms with van der Waals surface area (Å²) >= 11 is 0. The van der Waals surface area contributed by atoms with E-state index in [1.54, 1.807) is 12.4 Å². The maximum absolute atomic E-state index is 12.7. The molecule has 1 aromatic rings. The van der Waals surface area contributed by atoms with Gasteiger partial charge in [-0.25, -0.2) is 14.8 Å². The van der Waals surface area contributed by atoms with Crippen LogP contribution in [-0.2, 0) is 0 Å². The van der Waals surface area contributed by atoms with Crippen LogP contribution in [0, 0.1) is 16.7 Å². The zero-order valence-corrected chi connectivity index (χ0v) is 16.2. The molecule has 2 aliphatic carbocycles. The topological polar surface area (TPSA) is 70.2 Å². The Labute approximate surface area is 156 Å². The van der Waals surface area contributed by atoms with Gasteiger partial charge in [0.15, 0.2) is 0 Å². The van der Waals surface area contributed by atoms with E-state index in [2.05, 4.69) is 46.3 Å². The number of carbonyl (C=O) groups is 1. The zero-order chi connectivity index (χ0) is 18.4. The number of nitrogens with one attached hydrogen (secondary N) is 2. The van der Waals surface area contributed by atoms with Crippen molar-refractivity contribution in [1.29, 1.82) is 0 Å². The molecule has 1 aliphatic heterocycles. The lowest BCUT2D eigenvalue weighted by Gasteiger charge is -2.40. The van der Waals surface area contributed by atoms with Gasteiger partial charge in [-0.2, -0.15) is 0 Å². The highest BCUT2D eigenvalue weighted by Gasteiger charge is 2.61. The Bertz CT molecular complexity index is 663. The molecule has 2 bridgehead atoms. The lowest BCUT2D eigenvalue weighted by molar-refractivity contribution is 0.123. The van der Waals surface area contributed by atoms with Gasteiger partial charge < -0.3 is 15.5 Å². The fourth-order valence-electron chi connectivity index (χ4n) is 5.54. The molecule has 2 heterocycles. The number of urea groups is 1. The van der Waals surface area contributed by atoms with Crippen LogP contribution in [0.15, 0.2) is 18.5 Å². The van der Waals surface area contributed by atoms with Crippen LogP contribution in [0.1, 0.15) is 52.9 Å². The number of aromatic nitrogens is 2. The maximum Gasteiger partial charge on any atom is 0.315 e. The SMILES string of the molecule is CC1(C)[C@H]2CC[C@@]1(C)[C@H](NC(=O)N[C@H]1CCCN(c3ncccn3)C1)C2. The van der Waals surface area contributed by atoms with E-state index < -0.39 is 0 Å². The molecule has 3 aliphatic rings. The van der Waals surface area contributed by atoms with Gasteiger partial charge in [0.25, 0.3) is 0 Å². The van der Waals surface area contributed by atoms with E-state index in [0.717, 1.165) is 44.2 Å². The summed E-state index contributed by atoms with van der Waals surface area (Å²) in [6.45, 7) is 8.83. The van der Waals surface area contributed by atoms with Crippen molar-refractivity contribution in [3.05, 3.63) is 18.5 Å². The fourth-order valence-corrected chi connectivity index (χ4v) is 5.54. The van der Waals surface area contributed by atoms with E-state index in [9.17, 15) is 4.79 Å². The van der Waals surface area contributed by atoms with Crippen LogP contribution in [0.25, 0.3) is 0 Å². The van der Waals surface area contributed by atoms with Crippen LogP contribution in [0.2, 0.25) is 0 Å². The number of anilines is 1. The third-order valence-electron chi connectivity index (χ3n) is 7.69. The largest absolute Gasteiger partial charge is 0.339 e. The van der Waals surface area contributed by atoms with Crippen LogP contribution in [0.5, 0.6) is 0 Å². The van der Waals surface area contributed by atoms with Gasteiger partial charge in [0.1, 0.15) is 0 Å². The molecule has 2 amide bonds. The van der Waals surface area contributed by atoms with Gasteiger partial charge in [0, 0.05) is 37.6 Å². The van der Waals surface area contributed by atoms with Crippen molar-refractivity contribution >= 4 is 12.0 Å². The molecule has 4 rings (SSSR count). The fraction of sp³-hybridized carbons (Fsp3) is 0.750. The highest BCUT2D eigenvalue weighted by Crippen LogP contribution is 2.65. The third-order valence-corrected chi connectivity index (χ3v) is 7.69. The molecule has 6 heteroatoms. The number of fused-ring (bicyclic) bond motifs is 2. The van der Waals surface area contributed by atoms with Crippen molar-refractivity contribution in [3.63, 3.8) is 0 Å².